The van der Waals surface area contributed by atoms with E-state index in [2.05, 4.69) is 15.7 Å². The van der Waals surface area contributed by atoms with E-state index in [-0.39, 0.29) is 5.69 Å². The van der Waals surface area contributed by atoms with Crippen LogP contribution >= 0.6 is 11.7 Å². The van der Waals surface area contributed by atoms with Crippen molar-refractivity contribution in [3.63, 3.8) is 0 Å². The van der Waals surface area contributed by atoms with Crippen LogP contribution in [0.25, 0.3) is 11.0 Å². The lowest BCUT2D eigenvalue weighted by atomic mass is 9.99. The molecule has 7 heteroatoms. The monoisotopic (exact) mass is 406 g/mol. The molecule has 148 valence electrons. The van der Waals surface area contributed by atoms with Gasteiger partial charge in [0.05, 0.1) is 24.0 Å². The highest BCUT2D eigenvalue weighted by atomic mass is 32.1. The lowest BCUT2D eigenvalue weighted by molar-refractivity contribution is 0.0683. The molecule has 29 heavy (non-hydrogen) atoms. The number of nitrogens with zero attached hydrogens (tertiary/aromatic N) is 4. The summed E-state index contributed by atoms with van der Waals surface area (Å²) in [7, 11) is 0. The molecule has 2 aromatic heterocycles. The quantitative estimate of drug-likeness (QED) is 0.464. The summed E-state index contributed by atoms with van der Waals surface area (Å²) in [6.45, 7) is 2.56. The SMILES string of the molecule is CCCCc1nn(Cc2ccccc2)c(C(=O)O)c1Cc1cccc2nsnc12. The number of aromatic carboxylic acids is 1. The second-order valence-corrected chi connectivity index (χ2v) is 7.58. The van der Waals surface area contributed by atoms with E-state index >= 15 is 0 Å². The van der Waals surface area contributed by atoms with Crippen LogP contribution in [0.4, 0.5) is 0 Å². The molecule has 0 unspecified atom stereocenters. The largest absolute Gasteiger partial charge is 0.477 e. The number of benzene rings is 2. The highest BCUT2D eigenvalue weighted by Gasteiger charge is 2.24. The van der Waals surface area contributed by atoms with Crippen molar-refractivity contribution in [2.24, 2.45) is 0 Å². The maximum Gasteiger partial charge on any atom is 0.354 e. The first-order valence-corrected chi connectivity index (χ1v) is 10.5. The van der Waals surface area contributed by atoms with Crippen LogP contribution in [0.3, 0.4) is 0 Å². The van der Waals surface area contributed by atoms with Gasteiger partial charge in [-0.3, -0.25) is 4.68 Å². The first-order valence-electron chi connectivity index (χ1n) is 9.73. The van der Waals surface area contributed by atoms with Crippen LogP contribution in [0.1, 0.15) is 52.6 Å². The smallest absolute Gasteiger partial charge is 0.354 e. The maximum atomic E-state index is 12.2. The minimum absolute atomic E-state index is 0.264. The third-order valence-electron chi connectivity index (χ3n) is 5.02. The lowest BCUT2D eigenvalue weighted by Crippen LogP contribution is -2.13. The molecule has 2 aromatic carbocycles. The van der Waals surface area contributed by atoms with Gasteiger partial charge >= 0.3 is 5.97 Å². The molecule has 0 radical (unpaired) electrons. The van der Waals surface area contributed by atoms with Crippen LogP contribution in [0, 0.1) is 0 Å². The number of carboxylic acid groups (broad SMARTS) is 1. The summed E-state index contributed by atoms with van der Waals surface area (Å²) < 4.78 is 10.4. The topological polar surface area (TPSA) is 80.9 Å². The molecule has 0 saturated heterocycles. The minimum atomic E-state index is -0.949. The van der Waals surface area contributed by atoms with Crippen molar-refractivity contribution in [2.75, 3.05) is 0 Å². The molecular formula is C22H22N4O2S. The molecule has 0 aliphatic heterocycles. The average Bonchev–Trinajstić information content (AvgIpc) is 3.32. The zero-order valence-electron chi connectivity index (χ0n) is 16.2. The molecule has 0 aliphatic rings. The van der Waals surface area contributed by atoms with Crippen LogP contribution in [0.2, 0.25) is 0 Å². The Balaban J connectivity index is 1.79. The molecule has 0 fully saturated rings. The summed E-state index contributed by atoms with van der Waals surface area (Å²) in [6, 6.07) is 15.7. The fraction of sp³-hybridized carbons (Fsp3) is 0.273. The summed E-state index contributed by atoms with van der Waals surface area (Å²) in [4.78, 5) is 12.2. The Labute approximate surface area is 173 Å². The Morgan fingerprint density at radius 1 is 1.10 bits per heavy atom. The molecule has 1 N–H and O–H groups in total. The third kappa shape index (κ3) is 4.05. The number of hydrogen-bond donors (Lipinski definition) is 1. The molecule has 0 bridgehead atoms. The number of hydrogen-bond acceptors (Lipinski definition) is 5. The van der Waals surface area contributed by atoms with Gasteiger partial charge in [-0.15, -0.1) is 0 Å². The molecule has 0 atom stereocenters. The summed E-state index contributed by atoms with van der Waals surface area (Å²) in [5.74, 6) is -0.949. The first kappa shape index (κ1) is 19.3. The van der Waals surface area contributed by atoms with E-state index in [1.165, 1.54) is 11.7 Å². The molecular weight excluding hydrogens is 384 g/mol. The van der Waals surface area contributed by atoms with Crippen LogP contribution in [-0.2, 0) is 19.4 Å². The summed E-state index contributed by atoms with van der Waals surface area (Å²) in [5.41, 5.74) is 5.60. The van der Waals surface area contributed by atoms with Crippen molar-refractivity contribution in [1.29, 1.82) is 0 Å². The predicted molar refractivity (Wildman–Crippen MR) is 114 cm³/mol. The third-order valence-corrected chi connectivity index (χ3v) is 5.56. The summed E-state index contributed by atoms with van der Waals surface area (Å²) in [5, 5.41) is 14.8. The Hall–Kier alpha value is -3.06. The highest BCUT2D eigenvalue weighted by Crippen LogP contribution is 2.25. The summed E-state index contributed by atoms with van der Waals surface area (Å²) in [6.07, 6.45) is 3.24. The normalized spacial score (nSPS) is 11.2. The van der Waals surface area contributed by atoms with Crippen molar-refractivity contribution >= 4 is 28.7 Å². The van der Waals surface area contributed by atoms with Crippen LogP contribution < -0.4 is 0 Å². The van der Waals surface area contributed by atoms with Crippen molar-refractivity contribution < 1.29 is 9.90 Å². The van der Waals surface area contributed by atoms with Gasteiger partial charge in [0.1, 0.15) is 16.7 Å². The molecule has 6 nitrogen and oxygen atoms in total. The number of fused-ring (bicyclic) bond motifs is 1. The Kier molecular flexibility index (Phi) is 5.67. The number of aromatic nitrogens is 4. The van der Waals surface area contributed by atoms with Crippen molar-refractivity contribution in [1.82, 2.24) is 18.5 Å². The van der Waals surface area contributed by atoms with Gasteiger partial charge in [-0.05, 0) is 30.0 Å². The maximum absolute atomic E-state index is 12.2. The number of carbonyl (C=O) groups is 1. The molecule has 0 amide bonds. The second-order valence-electron chi connectivity index (χ2n) is 7.05. The molecule has 0 spiro atoms. The van der Waals surface area contributed by atoms with Gasteiger partial charge in [0.15, 0.2) is 0 Å². The van der Waals surface area contributed by atoms with Gasteiger partial charge in [0.2, 0.25) is 0 Å². The Morgan fingerprint density at radius 2 is 1.93 bits per heavy atom. The van der Waals surface area contributed by atoms with Gasteiger partial charge in [0.25, 0.3) is 0 Å². The van der Waals surface area contributed by atoms with E-state index in [0.717, 1.165) is 52.7 Å². The van der Waals surface area contributed by atoms with Crippen LogP contribution in [0.15, 0.2) is 48.5 Å². The van der Waals surface area contributed by atoms with Gasteiger partial charge in [-0.25, -0.2) is 4.79 Å². The molecule has 0 saturated carbocycles. The molecule has 4 aromatic rings. The number of unbranched alkanes of at least 4 members (excludes halogenated alkanes) is 1. The van der Waals surface area contributed by atoms with Gasteiger partial charge < -0.3 is 5.11 Å². The number of carboxylic acids is 1. The second kappa shape index (κ2) is 8.53. The minimum Gasteiger partial charge on any atom is -0.477 e. The van der Waals surface area contributed by atoms with Crippen LogP contribution in [0.5, 0.6) is 0 Å². The lowest BCUT2D eigenvalue weighted by Gasteiger charge is -2.07. The van der Waals surface area contributed by atoms with Gasteiger partial charge in [-0.2, -0.15) is 13.8 Å². The average molecular weight is 407 g/mol. The van der Waals surface area contributed by atoms with Crippen molar-refractivity contribution in [2.45, 2.75) is 39.2 Å². The van der Waals surface area contributed by atoms with E-state index in [4.69, 9.17) is 5.10 Å². The van der Waals surface area contributed by atoms with Gasteiger partial charge in [0, 0.05) is 12.0 Å². The van der Waals surface area contributed by atoms with E-state index in [9.17, 15) is 9.90 Å². The van der Waals surface area contributed by atoms with E-state index in [0.29, 0.717) is 13.0 Å². The zero-order chi connectivity index (χ0) is 20.2. The van der Waals surface area contributed by atoms with Crippen molar-refractivity contribution in [3.05, 3.63) is 76.6 Å². The zero-order valence-corrected chi connectivity index (χ0v) is 17.0. The Morgan fingerprint density at radius 3 is 2.69 bits per heavy atom. The molecule has 4 rings (SSSR count). The fourth-order valence-electron chi connectivity index (χ4n) is 3.58. The van der Waals surface area contributed by atoms with E-state index < -0.39 is 5.97 Å². The van der Waals surface area contributed by atoms with Gasteiger partial charge in [-0.1, -0.05) is 55.8 Å². The van der Waals surface area contributed by atoms with Crippen LogP contribution in [-0.4, -0.2) is 29.6 Å². The van der Waals surface area contributed by atoms with E-state index in [1.54, 1.807) is 4.68 Å². The van der Waals surface area contributed by atoms with Crippen molar-refractivity contribution in [3.8, 4) is 0 Å². The standard InChI is InChI=1S/C22H22N4O2S/c1-2-3-11-18-17(13-16-10-7-12-19-20(16)25-29-24-19)21(22(27)28)26(23-18)14-15-8-5-4-6-9-15/h4-10,12H,2-3,11,13-14H2,1H3,(H,27,28). The number of rotatable bonds is 8. The Bertz CT molecular complexity index is 1130. The molecule has 0 aliphatic carbocycles. The number of aryl methyl sites for hydroxylation is 1. The summed E-state index contributed by atoms with van der Waals surface area (Å²) >= 11 is 1.18. The van der Waals surface area contributed by atoms with E-state index in [1.807, 2.05) is 48.5 Å². The predicted octanol–water partition coefficient (Wildman–Crippen LogP) is 4.57. The highest BCUT2D eigenvalue weighted by molar-refractivity contribution is 7.00. The fourth-order valence-corrected chi connectivity index (χ4v) is 4.15. The molecule has 2 heterocycles. The first-order chi connectivity index (χ1) is 14.2.